The molecule has 0 unspecified atom stereocenters. The second-order valence-corrected chi connectivity index (χ2v) is 5.34. The largest absolute Gasteiger partial charge is 0.497 e. The number of rotatable bonds is 2. The zero-order valence-electron chi connectivity index (χ0n) is 12.6. The molecular weight excluding hydrogens is 272 g/mol. The highest BCUT2D eigenvalue weighted by atomic mass is 16.5. The van der Waals surface area contributed by atoms with E-state index in [4.69, 9.17) is 9.47 Å². The van der Waals surface area contributed by atoms with Gasteiger partial charge in [-0.1, -0.05) is 42.5 Å². The van der Waals surface area contributed by atoms with Gasteiger partial charge in [0.2, 0.25) is 0 Å². The van der Waals surface area contributed by atoms with Crippen molar-refractivity contribution in [2.75, 3.05) is 14.2 Å². The molecule has 108 valence electrons. The maximum Gasteiger partial charge on any atom is 0.127 e. The Labute approximate surface area is 128 Å². The van der Waals surface area contributed by atoms with E-state index in [-0.39, 0.29) is 0 Å². The van der Waals surface area contributed by atoms with E-state index in [9.17, 15) is 0 Å². The molecule has 0 aliphatic carbocycles. The van der Waals surface area contributed by atoms with Crippen molar-refractivity contribution in [3.05, 3.63) is 60.7 Å². The van der Waals surface area contributed by atoms with Crippen LogP contribution in [-0.2, 0) is 0 Å². The van der Waals surface area contributed by atoms with Crippen molar-refractivity contribution in [1.82, 2.24) is 0 Å². The van der Waals surface area contributed by atoms with Gasteiger partial charge in [-0.3, -0.25) is 0 Å². The summed E-state index contributed by atoms with van der Waals surface area (Å²) < 4.78 is 11.0. The first-order valence-corrected chi connectivity index (χ1v) is 7.28. The van der Waals surface area contributed by atoms with E-state index < -0.39 is 0 Å². The summed E-state index contributed by atoms with van der Waals surface area (Å²) in [5.41, 5.74) is 0. The van der Waals surface area contributed by atoms with Crippen molar-refractivity contribution in [3.63, 3.8) is 0 Å². The van der Waals surface area contributed by atoms with Gasteiger partial charge in [0, 0.05) is 5.39 Å². The molecule has 0 aromatic heterocycles. The van der Waals surface area contributed by atoms with Crippen LogP contribution in [-0.4, -0.2) is 14.2 Å². The molecule has 0 N–H and O–H groups in total. The summed E-state index contributed by atoms with van der Waals surface area (Å²) >= 11 is 0. The highest BCUT2D eigenvalue weighted by Crippen LogP contribution is 2.40. The average Bonchev–Trinajstić information content (AvgIpc) is 2.60. The lowest BCUT2D eigenvalue weighted by Crippen LogP contribution is -1.89. The molecule has 0 amide bonds. The highest BCUT2D eigenvalue weighted by molar-refractivity contribution is 6.26. The summed E-state index contributed by atoms with van der Waals surface area (Å²) in [7, 11) is 3.42. The lowest BCUT2D eigenvalue weighted by atomic mass is 9.94. The Bertz CT molecular complexity index is 1000. The summed E-state index contributed by atoms with van der Waals surface area (Å²) in [6, 6.07) is 20.9. The number of ether oxygens (including phenoxy) is 2. The van der Waals surface area contributed by atoms with Crippen molar-refractivity contribution in [1.29, 1.82) is 0 Å². The molecule has 0 spiro atoms. The van der Waals surface area contributed by atoms with Gasteiger partial charge in [0.15, 0.2) is 0 Å². The van der Waals surface area contributed by atoms with Crippen LogP contribution >= 0.6 is 0 Å². The Hall–Kier alpha value is -2.74. The Balaban J connectivity index is 2.34. The third kappa shape index (κ3) is 1.74. The third-order valence-corrected chi connectivity index (χ3v) is 4.25. The standard InChI is InChI=1S/C20H16O2/c1-21-13-10-11-15-14-6-3-4-7-16(14)20-17(18(15)12-13)8-5-9-19(20)22-2/h3-12H,1-2H3. The summed E-state index contributed by atoms with van der Waals surface area (Å²) in [6.07, 6.45) is 0. The molecule has 22 heavy (non-hydrogen) atoms. The first-order valence-electron chi connectivity index (χ1n) is 7.28. The molecule has 0 fully saturated rings. The number of hydrogen-bond donors (Lipinski definition) is 0. The van der Waals surface area contributed by atoms with Crippen molar-refractivity contribution < 1.29 is 9.47 Å². The maximum atomic E-state index is 5.61. The van der Waals surface area contributed by atoms with Gasteiger partial charge in [-0.15, -0.1) is 0 Å². The van der Waals surface area contributed by atoms with Crippen molar-refractivity contribution >= 4 is 32.3 Å². The molecule has 2 nitrogen and oxygen atoms in total. The quantitative estimate of drug-likeness (QED) is 0.474. The molecule has 0 saturated carbocycles. The van der Waals surface area contributed by atoms with Gasteiger partial charge >= 0.3 is 0 Å². The van der Waals surface area contributed by atoms with Gasteiger partial charge < -0.3 is 9.47 Å². The number of hydrogen-bond acceptors (Lipinski definition) is 2. The van der Waals surface area contributed by atoms with Gasteiger partial charge in [-0.25, -0.2) is 0 Å². The molecule has 0 radical (unpaired) electrons. The van der Waals surface area contributed by atoms with Crippen LogP contribution in [0.1, 0.15) is 0 Å². The number of methoxy groups -OCH3 is 2. The van der Waals surface area contributed by atoms with Crippen LogP contribution in [0.3, 0.4) is 0 Å². The SMILES string of the molecule is COc1ccc2c3ccccc3c3c(OC)cccc3c2c1. The highest BCUT2D eigenvalue weighted by Gasteiger charge is 2.12. The number of fused-ring (bicyclic) bond motifs is 6. The van der Waals surface area contributed by atoms with Crippen molar-refractivity contribution in [2.24, 2.45) is 0 Å². The molecule has 4 aromatic rings. The zero-order chi connectivity index (χ0) is 15.1. The van der Waals surface area contributed by atoms with Gasteiger partial charge in [0.05, 0.1) is 14.2 Å². The predicted octanol–water partition coefficient (Wildman–Crippen LogP) is 5.16. The molecular formula is C20H16O2. The molecule has 4 rings (SSSR count). The summed E-state index contributed by atoms with van der Waals surface area (Å²) in [4.78, 5) is 0. The Morgan fingerprint density at radius 2 is 1.27 bits per heavy atom. The fourth-order valence-corrected chi connectivity index (χ4v) is 3.25. The van der Waals surface area contributed by atoms with Crippen LogP contribution in [0.2, 0.25) is 0 Å². The summed E-state index contributed by atoms with van der Waals surface area (Å²) in [5, 5.41) is 7.21. The Morgan fingerprint density at radius 3 is 2.05 bits per heavy atom. The first-order chi connectivity index (χ1) is 10.8. The first kappa shape index (κ1) is 13.0. The van der Waals surface area contributed by atoms with E-state index >= 15 is 0 Å². The fourth-order valence-electron chi connectivity index (χ4n) is 3.25. The number of benzene rings is 4. The van der Waals surface area contributed by atoms with E-state index in [0.29, 0.717) is 0 Å². The van der Waals surface area contributed by atoms with E-state index in [1.54, 1.807) is 14.2 Å². The van der Waals surface area contributed by atoms with Gasteiger partial charge in [0.25, 0.3) is 0 Å². The summed E-state index contributed by atoms with van der Waals surface area (Å²) in [5.74, 6) is 1.77. The summed E-state index contributed by atoms with van der Waals surface area (Å²) in [6.45, 7) is 0. The van der Waals surface area contributed by atoms with Crippen LogP contribution in [0, 0.1) is 0 Å². The maximum absolute atomic E-state index is 5.61. The monoisotopic (exact) mass is 288 g/mol. The van der Waals surface area contributed by atoms with Crippen LogP contribution in [0.4, 0.5) is 0 Å². The van der Waals surface area contributed by atoms with E-state index in [1.165, 1.54) is 26.9 Å². The minimum absolute atomic E-state index is 0.868. The molecule has 0 aliphatic heterocycles. The predicted molar refractivity (Wildman–Crippen MR) is 92.1 cm³/mol. The van der Waals surface area contributed by atoms with E-state index in [0.717, 1.165) is 16.9 Å². The average molecular weight is 288 g/mol. The van der Waals surface area contributed by atoms with Crippen LogP contribution in [0.15, 0.2) is 60.7 Å². The molecule has 0 aliphatic rings. The van der Waals surface area contributed by atoms with Crippen molar-refractivity contribution in [2.45, 2.75) is 0 Å². The Morgan fingerprint density at radius 1 is 0.591 bits per heavy atom. The van der Waals surface area contributed by atoms with E-state index in [2.05, 4.69) is 42.5 Å². The second kappa shape index (κ2) is 4.92. The minimum atomic E-state index is 0.868. The van der Waals surface area contributed by atoms with Crippen LogP contribution in [0.5, 0.6) is 11.5 Å². The zero-order valence-corrected chi connectivity index (χ0v) is 12.6. The van der Waals surface area contributed by atoms with Crippen molar-refractivity contribution in [3.8, 4) is 11.5 Å². The van der Waals surface area contributed by atoms with Gasteiger partial charge in [-0.2, -0.15) is 0 Å². The van der Waals surface area contributed by atoms with Crippen LogP contribution < -0.4 is 9.47 Å². The lowest BCUT2D eigenvalue weighted by Gasteiger charge is -2.13. The topological polar surface area (TPSA) is 18.5 Å². The Kier molecular flexibility index (Phi) is 2.90. The lowest BCUT2D eigenvalue weighted by molar-refractivity contribution is 0.415. The van der Waals surface area contributed by atoms with Gasteiger partial charge in [0.1, 0.15) is 11.5 Å². The van der Waals surface area contributed by atoms with E-state index in [1.807, 2.05) is 18.2 Å². The second-order valence-electron chi connectivity index (χ2n) is 5.34. The smallest absolute Gasteiger partial charge is 0.127 e. The normalized spacial score (nSPS) is 11.2. The molecule has 0 saturated heterocycles. The molecule has 0 heterocycles. The molecule has 0 bridgehead atoms. The molecule has 2 heteroatoms. The molecule has 0 atom stereocenters. The minimum Gasteiger partial charge on any atom is -0.497 e. The van der Waals surface area contributed by atoms with Gasteiger partial charge in [-0.05, 0) is 45.1 Å². The molecule has 4 aromatic carbocycles. The van der Waals surface area contributed by atoms with Crippen LogP contribution in [0.25, 0.3) is 32.3 Å². The third-order valence-electron chi connectivity index (χ3n) is 4.25. The fraction of sp³-hybridized carbons (Fsp3) is 0.100.